The molecule has 1 atom stereocenters. The predicted octanol–water partition coefficient (Wildman–Crippen LogP) is 4.77. The third kappa shape index (κ3) is 3.62. The fourth-order valence-corrected chi connectivity index (χ4v) is 4.18. The maximum Gasteiger partial charge on any atom is 0.126 e. The van der Waals surface area contributed by atoms with Crippen molar-refractivity contribution in [1.29, 1.82) is 0 Å². The zero-order chi connectivity index (χ0) is 16.2. The van der Waals surface area contributed by atoms with Gasteiger partial charge in [-0.2, -0.15) is 0 Å². The van der Waals surface area contributed by atoms with Crippen LogP contribution in [0.25, 0.3) is 0 Å². The fourth-order valence-electron chi connectivity index (χ4n) is 4.18. The second kappa shape index (κ2) is 7.35. The van der Waals surface area contributed by atoms with Gasteiger partial charge >= 0.3 is 0 Å². The van der Waals surface area contributed by atoms with Crippen molar-refractivity contribution in [2.45, 2.75) is 57.2 Å². The van der Waals surface area contributed by atoms with Gasteiger partial charge in [0.05, 0.1) is 0 Å². The molecule has 1 aliphatic carbocycles. The molecule has 1 saturated carbocycles. The first-order valence-electron chi connectivity index (χ1n) is 9.39. The van der Waals surface area contributed by atoms with Gasteiger partial charge in [-0.05, 0) is 49.4 Å². The van der Waals surface area contributed by atoms with Crippen LogP contribution in [0.2, 0.25) is 0 Å². The molecule has 1 saturated heterocycles. The molecule has 2 aliphatic rings. The number of nitrogens with one attached hydrogen (secondary N) is 1. The highest BCUT2D eigenvalue weighted by Gasteiger charge is 2.26. The molecule has 24 heavy (non-hydrogen) atoms. The van der Waals surface area contributed by atoms with Crippen LogP contribution in [0, 0.1) is 0 Å². The first-order chi connectivity index (χ1) is 11.9. The van der Waals surface area contributed by atoms with Gasteiger partial charge in [0.1, 0.15) is 5.82 Å². The average molecular weight is 321 g/mol. The number of likely N-dealkylation sites (tertiary alicyclic amines) is 1. The Bertz CT molecular complexity index is 632. The van der Waals surface area contributed by atoms with Crippen molar-refractivity contribution in [3.8, 4) is 0 Å². The molecule has 0 bridgehead atoms. The average Bonchev–Trinajstić information content (AvgIpc) is 3.29. The van der Waals surface area contributed by atoms with Crippen LogP contribution in [0.4, 0.5) is 5.82 Å². The molecule has 2 heterocycles. The minimum Gasteiger partial charge on any atom is -0.367 e. The second-order valence-electron chi connectivity index (χ2n) is 7.22. The van der Waals surface area contributed by atoms with Crippen molar-refractivity contribution in [2.24, 2.45) is 0 Å². The minimum atomic E-state index is 0.512. The second-order valence-corrected chi connectivity index (χ2v) is 7.22. The largest absolute Gasteiger partial charge is 0.367 e. The summed E-state index contributed by atoms with van der Waals surface area (Å²) in [6.07, 6.45) is 9.89. The molecule has 126 valence electrons. The Morgan fingerprint density at radius 1 is 0.958 bits per heavy atom. The summed E-state index contributed by atoms with van der Waals surface area (Å²) in [6, 6.07) is 16.4. The molecule has 1 aliphatic heterocycles. The van der Waals surface area contributed by atoms with E-state index in [1.165, 1.54) is 56.2 Å². The summed E-state index contributed by atoms with van der Waals surface area (Å²) in [5.74, 6) is 1.04. The van der Waals surface area contributed by atoms with Gasteiger partial charge in [-0.25, -0.2) is 4.98 Å². The lowest BCUT2D eigenvalue weighted by atomic mass is 10.1. The Balaban J connectivity index is 1.42. The lowest BCUT2D eigenvalue weighted by Crippen LogP contribution is -2.23. The molecule has 0 spiro atoms. The van der Waals surface area contributed by atoms with E-state index in [0.29, 0.717) is 12.1 Å². The van der Waals surface area contributed by atoms with Gasteiger partial charge in [0.2, 0.25) is 0 Å². The zero-order valence-corrected chi connectivity index (χ0v) is 14.3. The van der Waals surface area contributed by atoms with E-state index in [2.05, 4.69) is 58.9 Å². The van der Waals surface area contributed by atoms with Crippen LogP contribution in [0.1, 0.15) is 55.7 Å². The number of nitrogens with zero attached hydrogens (tertiary/aromatic N) is 2. The highest BCUT2D eigenvalue weighted by Crippen LogP contribution is 2.33. The summed E-state index contributed by atoms with van der Waals surface area (Å²) in [6.45, 7) is 2.22. The molecule has 2 aromatic rings. The van der Waals surface area contributed by atoms with E-state index in [1.54, 1.807) is 0 Å². The van der Waals surface area contributed by atoms with Crippen LogP contribution in [-0.4, -0.2) is 22.5 Å². The first-order valence-corrected chi connectivity index (χ1v) is 9.39. The molecular formula is C21H27N3. The van der Waals surface area contributed by atoms with Gasteiger partial charge in [0.25, 0.3) is 0 Å². The third-order valence-corrected chi connectivity index (χ3v) is 5.47. The van der Waals surface area contributed by atoms with Gasteiger partial charge in [-0.1, -0.05) is 49.2 Å². The topological polar surface area (TPSA) is 28.2 Å². The van der Waals surface area contributed by atoms with Crippen LogP contribution >= 0.6 is 0 Å². The van der Waals surface area contributed by atoms with Crippen LogP contribution in [0.3, 0.4) is 0 Å². The fraction of sp³-hybridized carbons (Fsp3) is 0.476. The number of benzene rings is 1. The lowest BCUT2D eigenvalue weighted by Gasteiger charge is -2.25. The molecule has 3 heteroatoms. The van der Waals surface area contributed by atoms with Crippen molar-refractivity contribution < 1.29 is 0 Å². The van der Waals surface area contributed by atoms with Crippen LogP contribution < -0.4 is 5.32 Å². The van der Waals surface area contributed by atoms with E-state index in [4.69, 9.17) is 4.98 Å². The summed E-state index contributed by atoms with van der Waals surface area (Å²) in [5, 5.41) is 3.58. The van der Waals surface area contributed by atoms with Gasteiger partial charge in [0, 0.05) is 24.8 Å². The Kier molecular flexibility index (Phi) is 4.79. The maximum atomic E-state index is 4.69. The molecule has 4 rings (SSSR count). The van der Waals surface area contributed by atoms with Gasteiger partial charge < -0.3 is 5.32 Å². The Morgan fingerprint density at radius 3 is 2.54 bits per heavy atom. The summed E-state index contributed by atoms with van der Waals surface area (Å²) in [5.41, 5.74) is 2.76. The van der Waals surface area contributed by atoms with E-state index < -0.39 is 0 Å². The monoisotopic (exact) mass is 321 g/mol. The number of rotatable bonds is 5. The van der Waals surface area contributed by atoms with Crippen LogP contribution in [0.5, 0.6) is 0 Å². The lowest BCUT2D eigenvalue weighted by molar-refractivity contribution is 0.248. The number of hydrogen-bond acceptors (Lipinski definition) is 3. The Hall–Kier alpha value is -1.87. The van der Waals surface area contributed by atoms with E-state index in [1.807, 2.05) is 0 Å². The quantitative estimate of drug-likeness (QED) is 0.859. The van der Waals surface area contributed by atoms with E-state index in [-0.39, 0.29) is 0 Å². The number of anilines is 1. The van der Waals surface area contributed by atoms with E-state index >= 15 is 0 Å². The molecule has 1 aromatic carbocycles. The van der Waals surface area contributed by atoms with Crippen molar-refractivity contribution in [1.82, 2.24) is 9.88 Å². The number of hydrogen-bond donors (Lipinski definition) is 1. The van der Waals surface area contributed by atoms with Gasteiger partial charge in [-0.15, -0.1) is 0 Å². The molecule has 1 unspecified atom stereocenters. The van der Waals surface area contributed by atoms with Crippen molar-refractivity contribution in [2.75, 3.05) is 11.9 Å². The van der Waals surface area contributed by atoms with E-state index in [0.717, 1.165) is 12.4 Å². The standard InChI is InChI=1S/C21H27N3/c1-2-7-17(8-3-1)16-24-14-6-11-20(24)18-12-13-21(22-15-18)23-19-9-4-5-10-19/h1-3,7-8,12-13,15,19-20H,4-6,9-11,14,16H2,(H,22,23). The third-order valence-electron chi connectivity index (χ3n) is 5.47. The van der Waals surface area contributed by atoms with E-state index in [9.17, 15) is 0 Å². The summed E-state index contributed by atoms with van der Waals surface area (Å²) in [7, 11) is 0. The van der Waals surface area contributed by atoms with Crippen molar-refractivity contribution in [3.05, 3.63) is 59.8 Å². The zero-order valence-electron chi connectivity index (χ0n) is 14.3. The van der Waals surface area contributed by atoms with Crippen molar-refractivity contribution in [3.63, 3.8) is 0 Å². The summed E-state index contributed by atoms with van der Waals surface area (Å²) in [4.78, 5) is 7.28. The Labute approximate surface area is 145 Å². The summed E-state index contributed by atoms with van der Waals surface area (Å²) < 4.78 is 0. The van der Waals surface area contributed by atoms with Crippen LogP contribution in [-0.2, 0) is 6.54 Å². The highest BCUT2D eigenvalue weighted by molar-refractivity contribution is 5.37. The number of aromatic nitrogens is 1. The molecule has 3 nitrogen and oxygen atoms in total. The van der Waals surface area contributed by atoms with Gasteiger partial charge in [0.15, 0.2) is 0 Å². The molecule has 0 radical (unpaired) electrons. The van der Waals surface area contributed by atoms with Gasteiger partial charge in [-0.3, -0.25) is 4.90 Å². The number of pyridine rings is 1. The van der Waals surface area contributed by atoms with Crippen molar-refractivity contribution >= 4 is 5.82 Å². The molecular weight excluding hydrogens is 294 g/mol. The maximum absolute atomic E-state index is 4.69. The summed E-state index contributed by atoms with van der Waals surface area (Å²) >= 11 is 0. The highest BCUT2D eigenvalue weighted by atomic mass is 15.2. The predicted molar refractivity (Wildman–Crippen MR) is 98.9 cm³/mol. The first kappa shape index (κ1) is 15.6. The Morgan fingerprint density at radius 2 is 1.79 bits per heavy atom. The molecule has 0 amide bonds. The normalized spacial score (nSPS) is 22.1. The molecule has 2 fully saturated rings. The smallest absolute Gasteiger partial charge is 0.126 e. The minimum absolute atomic E-state index is 0.512. The SMILES string of the molecule is c1ccc(CN2CCCC2c2ccc(NC3CCCC3)nc2)cc1. The van der Waals surface area contributed by atoms with Crippen LogP contribution in [0.15, 0.2) is 48.7 Å². The molecule has 1 aromatic heterocycles. The molecule has 1 N–H and O–H groups in total.